The van der Waals surface area contributed by atoms with Gasteiger partial charge in [0.05, 0.1) is 12.3 Å². The first-order chi connectivity index (χ1) is 16.6. The molecule has 0 unspecified atom stereocenters. The molecule has 174 valence electrons. The van der Waals surface area contributed by atoms with E-state index in [4.69, 9.17) is 14.6 Å². The Morgan fingerprint density at radius 2 is 1.71 bits per heavy atom. The highest BCUT2D eigenvalue weighted by molar-refractivity contribution is 5.93. The Morgan fingerprint density at radius 3 is 2.53 bits per heavy atom. The number of para-hydroxylation sites is 2. The van der Waals surface area contributed by atoms with Gasteiger partial charge in [-0.25, -0.2) is 0 Å². The molecule has 0 bridgehead atoms. The molecule has 0 aliphatic heterocycles. The van der Waals surface area contributed by atoms with Crippen molar-refractivity contribution in [2.75, 3.05) is 11.9 Å². The smallest absolute Gasteiger partial charge is 0.303 e. The standard InChI is InChI=1S/C27H26N2O5/c30-26(28-23-9-4-5-10-25(23)33-16-6-11-27(31)32)18-29-15-14-21-17-22(12-13-24(21)29)34-19-20-7-2-1-3-8-20/h1-5,7-10,12-15,17H,6,11,16,18-19H2,(H,28,30)(H,31,32). The van der Waals surface area contributed by atoms with Gasteiger partial charge < -0.3 is 24.5 Å². The van der Waals surface area contributed by atoms with E-state index in [2.05, 4.69) is 5.32 Å². The summed E-state index contributed by atoms with van der Waals surface area (Å²) in [6, 6.07) is 24.9. The van der Waals surface area contributed by atoms with Crippen molar-refractivity contribution in [2.45, 2.75) is 26.0 Å². The Balaban J connectivity index is 1.36. The number of carbonyl (C=O) groups excluding carboxylic acids is 1. The lowest BCUT2D eigenvalue weighted by Crippen LogP contribution is -2.18. The van der Waals surface area contributed by atoms with Crippen LogP contribution in [0.5, 0.6) is 11.5 Å². The number of ether oxygens (including phenoxy) is 2. The number of carboxylic acids is 1. The number of benzene rings is 3. The zero-order valence-corrected chi connectivity index (χ0v) is 18.6. The van der Waals surface area contributed by atoms with E-state index in [0.717, 1.165) is 22.2 Å². The van der Waals surface area contributed by atoms with Crippen molar-refractivity contribution in [2.24, 2.45) is 0 Å². The van der Waals surface area contributed by atoms with Gasteiger partial charge in [-0.1, -0.05) is 42.5 Å². The lowest BCUT2D eigenvalue weighted by atomic mass is 10.2. The SMILES string of the molecule is O=C(O)CCCOc1ccccc1NC(=O)Cn1ccc2cc(OCc3ccccc3)ccc21. The minimum absolute atomic E-state index is 0.0360. The second kappa shape index (κ2) is 11.0. The molecule has 2 N–H and O–H groups in total. The molecule has 1 aromatic heterocycles. The van der Waals surface area contributed by atoms with Gasteiger partial charge in [0.25, 0.3) is 0 Å². The highest BCUT2D eigenvalue weighted by Gasteiger charge is 2.11. The number of hydrogen-bond acceptors (Lipinski definition) is 4. The molecule has 4 rings (SSSR count). The zero-order valence-electron chi connectivity index (χ0n) is 18.6. The fourth-order valence-corrected chi connectivity index (χ4v) is 3.59. The van der Waals surface area contributed by atoms with Gasteiger partial charge in [0.2, 0.25) is 5.91 Å². The normalized spacial score (nSPS) is 10.7. The number of carboxylic acid groups (broad SMARTS) is 1. The van der Waals surface area contributed by atoms with E-state index < -0.39 is 5.97 Å². The molecule has 0 aliphatic carbocycles. The summed E-state index contributed by atoms with van der Waals surface area (Å²) in [6.07, 6.45) is 2.30. The molecule has 7 nitrogen and oxygen atoms in total. The van der Waals surface area contributed by atoms with Gasteiger partial charge in [-0.05, 0) is 48.4 Å². The second-order valence-electron chi connectivity index (χ2n) is 7.83. The molecule has 0 saturated heterocycles. The Bertz CT molecular complexity index is 1270. The zero-order chi connectivity index (χ0) is 23.8. The van der Waals surface area contributed by atoms with Crippen molar-refractivity contribution in [3.8, 4) is 11.5 Å². The summed E-state index contributed by atoms with van der Waals surface area (Å²) in [4.78, 5) is 23.4. The number of amides is 1. The van der Waals surface area contributed by atoms with Gasteiger partial charge in [0.15, 0.2) is 0 Å². The van der Waals surface area contributed by atoms with Crippen molar-refractivity contribution in [3.63, 3.8) is 0 Å². The summed E-state index contributed by atoms with van der Waals surface area (Å²) in [6.45, 7) is 0.893. The van der Waals surface area contributed by atoms with Crippen LogP contribution in [0.3, 0.4) is 0 Å². The maximum absolute atomic E-state index is 12.7. The van der Waals surface area contributed by atoms with Crippen LogP contribution >= 0.6 is 0 Å². The van der Waals surface area contributed by atoms with Gasteiger partial charge in [-0.3, -0.25) is 9.59 Å². The number of nitrogens with one attached hydrogen (secondary N) is 1. The monoisotopic (exact) mass is 458 g/mol. The van der Waals surface area contributed by atoms with Crippen LogP contribution in [-0.2, 0) is 22.7 Å². The molecule has 0 aliphatic rings. The van der Waals surface area contributed by atoms with E-state index in [1.165, 1.54) is 0 Å². The predicted molar refractivity (Wildman–Crippen MR) is 130 cm³/mol. The molecule has 34 heavy (non-hydrogen) atoms. The third-order valence-corrected chi connectivity index (χ3v) is 5.26. The lowest BCUT2D eigenvalue weighted by molar-refractivity contribution is -0.137. The van der Waals surface area contributed by atoms with Crippen molar-refractivity contribution in [3.05, 3.63) is 90.6 Å². The van der Waals surface area contributed by atoms with E-state index in [9.17, 15) is 9.59 Å². The molecule has 7 heteroatoms. The van der Waals surface area contributed by atoms with Gasteiger partial charge in [0, 0.05) is 23.5 Å². The van der Waals surface area contributed by atoms with Crippen LogP contribution in [-0.4, -0.2) is 28.2 Å². The predicted octanol–water partition coefficient (Wildman–Crippen LogP) is 5.10. The fraction of sp³-hybridized carbons (Fsp3) is 0.185. The largest absolute Gasteiger partial charge is 0.491 e. The highest BCUT2D eigenvalue weighted by atomic mass is 16.5. The minimum Gasteiger partial charge on any atom is -0.491 e. The van der Waals surface area contributed by atoms with Crippen molar-refractivity contribution in [1.82, 2.24) is 4.57 Å². The van der Waals surface area contributed by atoms with E-state index >= 15 is 0 Å². The number of rotatable bonds is 11. The summed E-state index contributed by atoms with van der Waals surface area (Å²) in [7, 11) is 0. The summed E-state index contributed by atoms with van der Waals surface area (Å²) in [5.74, 6) is 0.230. The molecule has 0 atom stereocenters. The first-order valence-corrected chi connectivity index (χ1v) is 11.1. The maximum Gasteiger partial charge on any atom is 0.303 e. The molecule has 0 radical (unpaired) electrons. The van der Waals surface area contributed by atoms with Crippen molar-refractivity contribution in [1.29, 1.82) is 0 Å². The molecule has 3 aromatic carbocycles. The molecule has 1 heterocycles. The number of aliphatic carboxylic acids is 1. The molecular weight excluding hydrogens is 432 g/mol. The van der Waals surface area contributed by atoms with Crippen LogP contribution < -0.4 is 14.8 Å². The first-order valence-electron chi connectivity index (χ1n) is 11.1. The number of carbonyl (C=O) groups is 2. The molecule has 0 fully saturated rings. The number of fused-ring (bicyclic) bond motifs is 1. The van der Waals surface area contributed by atoms with Gasteiger partial charge >= 0.3 is 5.97 Å². The topological polar surface area (TPSA) is 89.8 Å². The van der Waals surface area contributed by atoms with Gasteiger partial charge in [-0.15, -0.1) is 0 Å². The van der Waals surface area contributed by atoms with Crippen molar-refractivity contribution < 1.29 is 24.2 Å². The Hall–Kier alpha value is -4.26. The lowest BCUT2D eigenvalue weighted by Gasteiger charge is -2.13. The molecule has 0 spiro atoms. The van der Waals surface area contributed by atoms with Crippen LogP contribution in [0.25, 0.3) is 10.9 Å². The van der Waals surface area contributed by atoms with Crippen LogP contribution in [0.15, 0.2) is 85.1 Å². The van der Waals surface area contributed by atoms with Crippen molar-refractivity contribution >= 4 is 28.5 Å². The average Bonchev–Trinajstić information content (AvgIpc) is 3.23. The van der Waals surface area contributed by atoms with Crippen LogP contribution in [0.1, 0.15) is 18.4 Å². The maximum atomic E-state index is 12.7. The quantitative estimate of drug-likeness (QED) is 0.305. The second-order valence-corrected chi connectivity index (χ2v) is 7.83. The molecular formula is C27H26N2O5. The van der Waals surface area contributed by atoms with E-state index in [1.807, 2.05) is 71.4 Å². The third kappa shape index (κ3) is 6.16. The minimum atomic E-state index is -0.862. The molecule has 4 aromatic rings. The Labute approximate surface area is 197 Å². The summed E-state index contributed by atoms with van der Waals surface area (Å²) < 4.78 is 13.4. The summed E-state index contributed by atoms with van der Waals surface area (Å²) in [5, 5.41) is 12.6. The average molecular weight is 459 g/mol. The highest BCUT2D eigenvalue weighted by Crippen LogP contribution is 2.25. The first kappa shape index (κ1) is 22.9. The van der Waals surface area contributed by atoms with E-state index in [1.54, 1.807) is 18.2 Å². The van der Waals surface area contributed by atoms with Gasteiger partial charge in [0.1, 0.15) is 24.7 Å². The van der Waals surface area contributed by atoms with E-state index in [0.29, 0.717) is 24.5 Å². The number of anilines is 1. The third-order valence-electron chi connectivity index (χ3n) is 5.26. The molecule has 1 amide bonds. The van der Waals surface area contributed by atoms with Gasteiger partial charge in [-0.2, -0.15) is 0 Å². The van der Waals surface area contributed by atoms with Crippen LogP contribution in [0.2, 0.25) is 0 Å². The summed E-state index contributed by atoms with van der Waals surface area (Å²) >= 11 is 0. The molecule has 0 saturated carbocycles. The summed E-state index contributed by atoms with van der Waals surface area (Å²) in [5.41, 5.74) is 2.58. The van der Waals surface area contributed by atoms with E-state index in [-0.39, 0.29) is 25.5 Å². The number of aromatic nitrogens is 1. The fourth-order valence-electron chi connectivity index (χ4n) is 3.59. The van der Waals surface area contributed by atoms with Crippen LogP contribution in [0, 0.1) is 0 Å². The van der Waals surface area contributed by atoms with Crippen LogP contribution in [0.4, 0.5) is 5.69 Å². The Kier molecular flexibility index (Phi) is 7.45. The number of hydrogen-bond donors (Lipinski definition) is 2. The Morgan fingerprint density at radius 1 is 0.912 bits per heavy atom. The number of nitrogens with zero attached hydrogens (tertiary/aromatic N) is 1.